The summed E-state index contributed by atoms with van der Waals surface area (Å²) in [6.45, 7) is 5.97. The molecule has 6 heteroatoms. The van der Waals surface area contributed by atoms with E-state index in [0.717, 1.165) is 10.6 Å². The predicted molar refractivity (Wildman–Crippen MR) is 89.9 cm³/mol. The quantitative estimate of drug-likeness (QED) is 0.819. The van der Waals surface area contributed by atoms with Crippen molar-refractivity contribution in [3.8, 4) is 0 Å². The molecular weight excluding hydrogens is 312 g/mol. The van der Waals surface area contributed by atoms with Crippen molar-refractivity contribution in [2.24, 2.45) is 0 Å². The van der Waals surface area contributed by atoms with Gasteiger partial charge in [0.2, 0.25) is 0 Å². The Morgan fingerprint density at radius 3 is 2.57 bits per heavy atom. The Bertz CT molecular complexity index is 680. The van der Waals surface area contributed by atoms with Gasteiger partial charge in [0, 0.05) is 5.92 Å². The lowest BCUT2D eigenvalue weighted by Crippen LogP contribution is -2.30. The third kappa shape index (κ3) is 4.89. The molecule has 1 aromatic carbocycles. The first kappa shape index (κ1) is 17.1. The fraction of sp³-hybridized carbons (Fsp3) is 0.353. The van der Waals surface area contributed by atoms with Gasteiger partial charge in [-0.25, -0.2) is 9.78 Å². The second-order valence-electron chi connectivity index (χ2n) is 5.46. The van der Waals surface area contributed by atoms with Crippen LogP contribution in [-0.2, 0) is 11.3 Å². The number of nitrogens with zero attached hydrogens (tertiary/aromatic N) is 1. The lowest BCUT2D eigenvalue weighted by Gasteiger charge is -2.06. The zero-order chi connectivity index (χ0) is 16.8. The maximum atomic E-state index is 12.2. The van der Waals surface area contributed by atoms with Gasteiger partial charge in [0.1, 0.15) is 6.61 Å². The monoisotopic (exact) mass is 332 g/mol. The highest BCUT2D eigenvalue weighted by molar-refractivity contribution is 7.14. The number of ether oxygens (including phenoxy) is 1. The summed E-state index contributed by atoms with van der Waals surface area (Å²) < 4.78 is 5.07. The molecule has 0 spiro atoms. The highest BCUT2D eigenvalue weighted by atomic mass is 32.1. The van der Waals surface area contributed by atoms with Crippen molar-refractivity contribution in [2.45, 2.75) is 33.3 Å². The molecule has 0 aliphatic rings. The second-order valence-corrected chi connectivity index (χ2v) is 6.49. The number of alkyl carbamates (subject to hydrolysis) is 1. The van der Waals surface area contributed by atoms with Crippen molar-refractivity contribution in [3.63, 3.8) is 0 Å². The molecular formula is C17H20N2O3S. The van der Waals surface area contributed by atoms with Crippen molar-refractivity contribution in [3.05, 3.63) is 51.5 Å². The summed E-state index contributed by atoms with van der Waals surface area (Å²) in [7, 11) is 0. The molecule has 0 bridgehead atoms. The minimum Gasteiger partial charge on any atom is -0.445 e. The molecule has 0 aliphatic heterocycles. The molecule has 0 unspecified atom stereocenters. The predicted octanol–water partition coefficient (Wildman–Crippen LogP) is 3.68. The van der Waals surface area contributed by atoms with Gasteiger partial charge in [-0.1, -0.05) is 44.2 Å². The van der Waals surface area contributed by atoms with Gasteiger partial charge in [0.15, 0.2) is 5.78 Å². The molecule has 122 valence electrons. The van der Waals surface area contributed by atoms with Crippen LogP contribution in [0.1, 0.15) is 45.7 Å². The third-order valence-electron chi connectivity index (χ3n) is 3.17. The number of rotatable bonds is 6. The largest absolute Gasteiger partial charge is 0.445 e. The molecule has 0 saturated heterocycles. The van der Waals surface area contributed by atoms with Crippen LogP contribution in [0.5, 0.6) is 0 Å². The first-order chi connectivity index (χ1) is 11.0. The topological polar surface area (TPSA) is 68.3 Å². The van der Waals surface area contributed by atoms with E-state index in [1.807, 2.05) is 51.1 Å². The van der Waals surface area contributed by atoms with E-state index in [1.54, 1.807) is 0 Å². The van der Waals surface area contributed by atoms with Crippen LogP contribution < -0.4 is 5.32 Å². The molecule has 23 heavy (non-hydrogen) atoms. The van der Waals surface area contributed by atoms with Crippen molar-refractivity contribution in [1.82, 2.24) is 10.3 Å². The number of ketones is 1. The van der Waals surface area contributed by atoms with E-state index in [2.05, 4.69) is 10.3 Å². The van der Waals surface area contributed by atoms with Gasteiger partial charge in [0.25, 0.3) is 0 Å². The van der Waals surface area contributed by atoms with E-state index in [-0.39, 0.29) is 24.9 Å². The van der Waals surface area contributed by atoms with Gasteiger partial charge in [-0.15, -0.1) is 11.3 Å². The highest BCUT2D eigenvalue weighted by Gasteiger charge is 2.17. The number of aryl methyl sites for hydroxylation is 1. The Labute approximate surface area is 139 Å². The highest BCUT2D eigenvalue weighted by Crippen LogP contribution is 2.24. The molecule has 0 fully saturated rings. The molecule has 1 aromatic heterocycles. The number of carbonyl (C=O) groups excluding carboxylic acids is 2. The van der Waals surface area contributed by atoms with E-state index in [1.165, 1.54) is 11.3 Å². The summed E-state index contributed by atoms with van der Waals surface area (Å²) in [4.78, 5) is 28.8. The summed E-state index contributed by atoms with van der Waals surface area (Å²) in [6.07, 6.45) is -0.603. The molecule has 5 nitrogen and oxygen atoms in total. The minimum atomic E-state index is -0.603. The second kappa shape index (κ2) is 7.87. The molecule has 1 N–H and O–H groups in total. The number of amides is 1. The summed E-state index contributed by atoms with van der Waals surface area (Å²) in [5.74, 6) is 0.132. The van der Waals surface area contributed by atoms with E-state index < -0.39 is 6.09 Å². The smallest absolute Gasteiger partial charge is 0.407 e. The van der Waals surface area contributed by atoms with Crippen molar-refractivity contribution < 1.29 is 14.3 Å². The van der Waals surface area contributed by atoms with Crippen LogP contribution in [0.25, 0.3) is 0 Å². The maximum absolute atomic E-state index is 12.2. The molecule has 2 aromatic rings. The summed E-state index contributed by atoms with van der Waals surface area (Å²) in [5.41, 5.74) is 1.61. The van der Waals surface area contributed by atoms with Gasteiger partial charge in [0.05, 0.1) is 22.1 Å². The molecule has 1 heterocycles. The molecule has 0 saturated carbocycles. The van der Waals surface area contributed by atoms with E-state index in [9.17, 15) is 9.59 Å². The number of nitrogens with one attached hydrogen (secondary N) is 1. The first-order valence-electron chi connectivity index (χ1n) is 7.42. The Morgan fingerprint density at radius 2 is 1.96 bits per heavy atom. The Hall–Kier alpha value is -2.21. The number of Topliss-reactive ketones (excluding diaryl/α,β-unsaturated/α-hetero) is 1. The summed E-state index contributed by atoms with van der Waals surface area (Å²) >= 11 is 1.38. The molecule has 2 rings (SSSR count). The average molecular weight is 332 g/mol. The van der Waals surface area contributed by atoms with E-state index in [4.69, 9.17) is 4.74 Å². The Kier molecular flexibility index (Phi) is 5.87. The van der Waals surface area contributed by atoms with Crippen LogP contribution in [0.15, 0.2) is 30.3 Å². The van der Waals surface area contributed by atoms with Crippen LogP contribution in [0.3, 0.4) is 0 Å². The Morgan fingerprint density at radius 1 is 1.26 bits per heavy atom. The lowest BCUT2D eigenvalue weighted by molar-refractivity contribution is 0.0977. The number of thiazole rings is 1. The van der Waals surface area contributed by atoms with Gasteiger partial charge >= 0.3 is 6.09 Å². The van der Waals surface area contributed by atoms with Crippen molar-refractivity contribution in [2.75, 3.05) is 6.54 Å². The summed E-state index contributed by atoms with van der Waals surface area (Å²) in [5, 5.41) is 3.41. The molecule has 0 radical (unpaired) electrons. The van der Waals surface area contributed by atoms with Crippen molar-refractivity contribution >= 4 is 23.2 Å². The summed E-state index contributed by atoms with van der Waals surface area (Å²) in [6, 6.07) is 9.38. The number of benzene rings is 1. The lowest BCUT2D eigenvalue weighted by atomic mass is 10.2. The van der Waals surface area contributed by atoms with E-state index >= 15 is 0 Å². The molecule has 0 aliphatic carbocycles. The Balaban J connectivity index is 1.83. The SMILES string of the molecule is Cc1nc(C(C)C)sc1C(=O)CNC(=O)OCc1ccccc1. The normalized spacial score (nSPS) is 10.6. The minimum absolute atomic E-state index is 0.0891. The first-order valence-corrected chi connectivity index (χ1v) is 8.24. The molecule has 1 amide bonds. The van der Waals surface area contributed by atoms with Crippen molar-refractivity contribution in [1.29, 1.82) is 0 Å². The average Bonchev–Trinajstić information content (AvgIpc) is 2.94. The standard InChI is InChI=1S/C17H20N2O3S/c1-11(2)16-19-12(3)15(23-16)14(20)9-18-17(21)22-10-13-7-5-4-6-8-13/h4-8,11H,9-10H2,1-3H3,(H,18,21). The number of aromatic nitrogens is 1. The van der Waals surface area contributed by atoms with Crippen LogP contribution in [0.2, 0.25) is 0 Å². The van der Waals surface area contributed by atoms with Gasteiger partial charge in [-0.05, 0) is 12.5 Å². The zero-order valence-electron chi connectivity index (χ0n) is 13.5. The molecule has 0 atom stereocenters. The number of hydrogen-bond donors (Lipinski definition) is 1. The van der Waals surface area contributed by atoms with Crippen LogP contribution >= 0.6 is 11.3 Å². The zero-order valence-corrected chi connectivity index (χ0v) is 14.3. The van der Waals surface area contributed by atoms with Crippen LogP contribution in [-0.4, -0.2) is 23.4 Å². The fourth-order valence-electron chi connectivity index (χ4n) is 1.93. The fourth-order valence-corrected chi connectivity index (χ4v) is 2.94. The van der Waals surface area contributed by atoms with Crippen LogP contribution in [0, 0.1) is 6.92 Å². The number of carbonyl (C=O) groups is 2. The third-order valence-corrected chi connectivity index (χ3v) is 4.67. The van der Waals surface area contributed by atoms with Gasteiger partial charge in [-0.2, -0.15) is 0 Å². The maximum Gasteiger partial charge on any atom is 0.407 e. The number of hydrogen-bond acceptors (Lipinski definition) is 5. The van der Waals surface area contributed by atoms with Crippen LogP contribution in [0.4, 0.5) is 4.79 Å². The van der Waals surface area contributed by atoms with Gasteiger partial charge in [-0.3, -0.25) is 4.79 Å². The van der Waals surface area contributed by atoms with E-state index in [0.29, 0.717) is 10.6 Å². The van der Waals surface area contributed by atoms with Gasteiger partial charge < -0.3 is 10.1 Å².